The van der Waals surface area contributed by atoms with Gasteiger partial charge < -0.3 is 20.8 Å². The number of hydrogen-bond acceptors (Lipinski definition) is 6. The van der Waals surface area contributed by atoms with Gasteiger partial charge in [0.1, 0.15) is 17.8 Å². The summed E-state index contributed by atoms with van der Waals surface area (Å²) in [5.74, 6) is 0.463. The third-order valence-corrected chi connectivity index (χ3v) is 6.29. The van der Waals surface area contributed by atoms with E-state index in [-0.39, 0.29) is 6.10 Å². The highest BCUT2D eigenvalue weighted by molar-refractivity contribution is 6.00. The quantitative estimate of drug-likeness (QED) is 0.443. The van der Waals surface area contributed by atoms with E-state index in [1.807, 2.05) is 40.9 Å². The number of ether oxygens (including phenoxy) is 1. The first-order valence-electron chi connectivity index (χ1n) is 10.7. The van der Waals surface area contributed by atoms with Gasteiger partial charge in [-0.3, -0.25) is 4.40 Å². The Bertz CT molecular complexity index is 1420. The van der Waals surface area contributed by atoms with Crippen molar-refractivity contribution in [3.63, 3.8) is 0 Å². The summed E-state index contributed by atoms with van der Waals surface area (Å²) in [7, 11) is 0. The summed E-state index contributed by atoms with van der Waals surface area (Å²) in [6, 6.07) is 14.4. The summed E-state index contributed by atoms with van der Waals surface area (Å²) in [6.07, 6.45) is 9.39. The number of nitrogen functional groups attached to an aromatic ring is 2. The minimum Gasteiger partial charge on any atom is -0.396 e. The van der Waals surface area contributed by atoms with Crippen molar-refractivity contribution in [3.05, 3.63) is 72.9 Å². The van der Waals surface area contributed by atoms with Crippen molar-refractivity contribution in [2.75, 3.05) is 11.5 Å². The molecule has 4 heterocycles. The number of anilines is 2. The number of nitrogens with two attached hydrogens (primary N) is 2. The van der Waals surface area contributed by atoms with Crippen LogP contribution < -0.4 is 11.5 Å². The first-order chi connectivity index (χ1) is 15.7. The minimum atomic E-state index is 0.233. The smallest absolute Gasteiger partial charge is 0.160 e. The summed E-state index contributed by atoms with van der Waals surface area (Å²) < 4.78 is 10.3. The zero-order valence-corrected chi connectivity index (χ0v) is 17.4. The molecule has 1 aliphatic rings. The predicted molar refractivity (Wildman–Crippen MR) is 124 cm³/mol. The molecule has 1 aromatic carbocycles. The van der Waals surface area contributed by atoms with E-state index in [4.69, 9.17) is 16.2 Å². The van der Waals surface area contributed by atoms with Gasteiger partial charge in [-0.2, -0.15) is 0 Å². The average Bonchev–Trinajstić information content (AvgIpc) is 3.41. The van der Waals surface area contributed by atoms with E-state index in [1.54, 1.807) is 6.20 Å². The maximum atomic E-state index is 6.32. The molecule has 160 valence electrons. The van der Waals surface area contributed by atoms with Gasteiger partial charge in [0.15, 0.2) is 5.65 Å². The third kappa shape index (κ3) is 2.99. The van der Waals surface area contributed by atoms with Gasteiger partial charge in [0.2, 0.25) is 0 Å². The van der Waals surface area contributed by atoms with Crippen LogP contribution in [-0.4, -0.2) is 30.0 Å². The zero-order chi connectivity index (χ0) is 21.7. The van der Waals surface area contributed by atoms with Gasteiger partial charge in [-0.15, -0.1) is 0 Å². The Morgan fingerprint density at radius 2 is 1.81 bits per heavy atom. The first kappa shape index (κ1) is 18.8. The second-order valence-corrected chi connectivity index (χ2v) is 8.25. The second kappa shape index (κ2) is 7.35. The molecule has 0 atom stereocenters. The van der Waals surface area contributed by atoms with Crippen LogP contribution in [-0.2, 0) is 11.3 Å². The van der Waals surface area contributed by atoms with Crippen LogP contribution in [0.1, 0.15) is 24.4 Å². The molecule has 0 amide bonds. The maximum absolute atomic E-state index is 6.32. The Morgan fingerprint density at radius 3 is 2.66 bits per heavy atom. The van der Waals surface area contributed by atoms with Gasteiger partial charge in [0.25, 0.3) is 0 Å². The lowest BCUT2D eigenvalue weighted by Crippen LogP contribution is -2.33. The molecule has 0 aliphatic heterocycles. The predicted octanol–water partition coefficient (Wildman–Crippen LogP) is 3.83. The van der Waals surface area contributed by atoms with Crippen molar-refractivity contribution in [2.24, 2.45) is 0 Å². The Kier molecular flexibility index (Phi) is 4.32. The molecule has 4 N–H and O–H groups in total. The topological polar surface area (TPSA) is 109 Å². The van der Waals surface area contributed by atoms with Gasteiger partial charge in [-0.05, 0) is 30.5 Å². The SMILES string of the molecule is Nc1ncnc2c1c(-c1ccc(N)c3nccn13)cn2C1CC(OCc2ccccc2)C1. The summed E-state index contributed by atoms with van der Waals surface area (Å²) in [6.45, 7) is 0.634. The summed E-state index contributed by atoms with van der Waals surface area (Å²) in [5, 5.41) is 0.848. The minimum absolute atomic E-state index is 0.233. The van der Waals surface area contributed by atoms with Crippen molar-refractivity contribution in [2.45, 2.75) is 31.6 Å². The highest BCUT2D eigenvalue weighted by Gasteiger charge is 2.33. The Balaban J connectivity index is 1.33. The van der Waals surface area contributed by atoms with Crippen LogP contribution in [0.3, 0.4) is 0 Å². The fraction of sp³-hybridized carbons (Fsp3) is 0.208. The van der Waals surface area contributed by atoms with Crippen molar-refractivity contribution in [1.29, 1.82) is 0 Å². The van der Waals surface area contributed by atoms with Crippen LogP contribution in [0.5, 0.6) is 0 Å². The average molecular weight is 425 g/mol. The standard InChI is InChI=1S/C24H23N7O/c25-19-6-7-20(30-9-8-27-23(19)30)18-12-31(24-21(18)22(26)28-14-29-24)16-10-17(11-16)32-13-15-4-2-1-3-5-15/h1-9,12,14,16-17H,10-11,13,25H2,(H2,26,28,29). The van der Waals surface area contributed by atoms with Crippen LogP contribution >= 0.6 is 0 Å². The van der Waals surface area contributed by atoms with E-state index in [0.717, 1.165) is 40.8 Å². The fourth-order valence-corrected chi connectivity index (χ4v) is 4.52. The second-order valence-electron chi connectivity index (χ2n) is 8.25. The molecule has 0 radical (unpaired) electrons. The van der Waals surface area contributed by atoms with Crippen LogP contribution in [0.15, 0.2) is 67.4 Å². The van der Waals surface area contributed by atoms with Gasteiger partial charge in [-0.25, -0.2) is 15.0 Å². The Morgan fingerprint density at radius 1 is 0.969 bits per heavy atom. The number of aromatic nitrogens is 5. The van der Waals surface area contributed by atoms with Gasteiger partial charge >= 0.3 is 0 Å². The highest BCUT2D eigenvalue weighted by atomic mass is 16.5. The van der Waals surface area contributed by atoms with Crippen LogP contribution in [0.2, 0.25) is 0 Å². The van der Waals surface area contributed by atoms with Gasteiger partial charge in [0, 0.05) is 30.2 Å². The lowest BCUT2D eigenvalue weighted by molar-refractivity contribution is -0.0347. The van der Waals surface area contributed by atoms with Crippen LogP contribution in [0, 0.1) is 0 Å². The monoisotopic (exact) mass is 425 g/mol. The summed E-state index contributed by atoms with van der Waals surface area (Å²) in [5.41, 5.74) is 17.7. The van der Waals surface area contributed by atoms with Crippen molar-refractivity contribution in [3.8, 4) is 11.3 Å². The number of imidazole rings is 1. The molecular formula is C24H23N7O. The van der Waals surface area contributed by atoms with Crippen LogP contribution in [0.4, 0.5) is 11.5 Å². The summed E-state index contributed by atoms with van der Waals surface area (Å²) in [4.78, 5) is 13.2. The lowest BCUT2D eigenvalue weighted by atomic mass is 9.89. The molecule has 6 rings (SSSR count). The van der Waals surface area contributed by atoms with E-state index in [1.165, 1.54) is 11.9 Å². The molecule has 1 fully saturated rings. The number of pyridine rings is 1. The number of fused-ring (bicyclic) bond motifs is 2. The fourth-order valence-electron chi connectivity index (χ4n) is 4.52. The normalized spacial score (nSPS) is 18.2. The Hall–Kier alpha value is -3.91. The van der Waals surface area contributed by atoms with Gasteiger partial charge in [0.05, 0.1) is 29.5 Å². The zero-order valence-electron chi connectivity index (χ0n) is 17.4. The molecule has 8 nitrogen and oxygen atoms in total. The van der Waals surface area contributed by atoms with Crippen molar-refractivity contribution >= 4 is 28.2 Å². The molecule has 0 saturated heterocycles. The maximum Gasteiger partial charge on any atom is 0.160 e. The van der Waals surface area contributed by atoms with Crippen molar-refractivity contribution < 1.29 is 4.74 Å². The molecule has 0 spiro atoms. The molecule has 4 aromatic heterocycles. The first-order valence-corrected chi connectivity index (χ1v) is 10.7. The molecule has 1 saturated carbocycles. The van der Waals surface area contributed by atoms with E-state index >= 15 is 0 Å². The van der Waals surface area contributed by atoms with E-state index in [9.17, 15) is 0 Å². The molecule has 5 aromatic rings. The van der Waals surface area contributed by atoms with E-state index in [2.05, 4.69) is 37.8 Å². The molecule has 32 heavy (non-hydrogen) atoms. The number of benzene rings is 1. The highest BCUT2D eigenvalue weighted by Crippen LogP contribution is 2.41. The van der Waals surface area contributed by atoms with Gasteiger partial charge in [-0.1, -0.05) is 30.3 Å². The summed E-state index contributed by atoms with van der Waals surface area (Å²) >= 11 is 0. The number of nitrogens with zero attached hydrogens (tertiary/aromatic N) is 5. The number of hydrogen-bond donors (Lipinski definition) is 2. The largest absolute Gasteiger partial charge is 0.396 e. The lowest BCUT2D eigenvalue weighted by Gasteiger charge is -2.36. The molecule has 0 unspecified atom stereocenters. The molecular weight excluding hydrogens is 402 g/mol. The Labute approximate surface area is 184 Å². The van der Waals surface area contributed by atoms with Crippen molar-refractivity contribution in [1.82, 2.24) is 23.9 Å². The third-order valence-electron chi connectivity index (χ3n) is 6.29. The number of rotatable bonds is 5. The van der Waals surface area contributed by atoms with Crippen LogP contribution in [0.25, 0.3) is 27.9 Å². The molecule has 8 heteroatoms. The molecule has 1 aliphatic carbocycles. The van der Waals surface area contributed by atoms with E-state index < -0.39 is 0 Å². The van der Waals surface area contributed by atoms with E-state index in [0.29, 0.717) is 24.2 Å². The molecule has 0 bridgehead atoms.